The fourth-order valence-corrected chi connectivity index (χ4v) is 6.42. The van der Waals surface area contributed by atoms with Crippen molar-refractivity contribution in [3.63, 3.8) is 0 Å². The minimum atomic E-state index is -3.77. The molecule has 0 heterocycles. The first-order valence-corrected chi connectivity index (χ1v) is 8.16. The first-order valence-electron chi connectivity index (χ1n) is 3.77. The normalized spacial score (nSPS) is 12.3. The minimum absolute atomic E-state index is 0. The summed E-state index contributed by atoms with van der Waals surface area (Å²) >= 11 is 0. The average molecular weight is 279 g/mol. The van der Waals surface area contributed by atoms with Gasteiger partial charge in [0.2, 0.25) is 0 Å². The number of rotatable bonds is 4. The van der Waals surface area contributed by atoms with Crippen LogP contribution in [0, 0.1) is 0 Å². The molecule has 6 heteroatoms. The molecule has 0 aromatic rings. The van der Waals surface area contributed by atoms with E-state index in [1.165, 1.54) is 0 Å². The molecule has 0 aliphatic rings. The number of hydrogen-bond acceptors (Lipinski definition) is 2. The van der Waals surface area contributed by atoms with E-state index in [-0.39, 0.29) is 17.0 Å². The van der Waals surface area contributed by atoms with Gasteiger partial charge in [-0.3, -0.25) is 4.55 Å². The highest BCUT2D eigenvalue weighted by Gasteiger charge is 2.45. The third-order valence-corrected chi connectivity index (χ3v) is 11.9. The minimum Gasteiger partial charge on any atom is -1.00 e. The summed E-state index contributed by atoms with van der Waals surface area (Å²) < 4.78 is 30.9. The van der Waals surface area contributed by atoms with Crippen LogP contribution in [0.1, 0.15) is 20.8 Å². The Morgan fingerprint density at radius 2 is 1.33 bits per heavy atom. The second kappa shape index (κ2) is 5.53. The molecule has 0 saturated heterocycles. The molecule has 0 fully saturated rings. The summed E-state index contributed by atoms with van der Waals surface area (Å²) in [5.74, 6) is 0. The Morgan fingerprint density at radius 3 is 1.33 bits per heavy atom. The van der Waals surface area contributed by atoms with Gasteiger partial charge in [-0.25, -0.2) is 0 Å². The zero-order chi connectivity index (χ0) is 9.12. The summed E-state index contributed by atoms with van der Waals surface area (Å²) in [6.07, 6.45) is 1.75. The van der Waals surface area contributed by atoms with Crippen LogP contribution in [0.4, 0.5) is 0 Å². The zero-order valence-electron chi connectivity index (χ0n) is 7.62. The summed E-state index contributed by atoms with van der Waals surface area (Å²) in [5.41, 5.74) is 0. The molecule has 0 rings (SSSR count). The maximum Gasteiger partial charge on any atom is 0.380 e. The molecule has 0 bridgehead atoms. The largest absolute Gasteiger partial charge is 1.00 e. The van der Waals surface area contributed by atoms with E-state index < -0.39 is 16.2 Å². The van der Waals surface area contributed by atoms with Gasteiger partial charge in [-0.2, -0.15) is 8.42 Å². The number of hydrogen-bond donors (Lipinski definition) is 1. The van der Waals surface area contributed by atoms with Crippen molar-refractivity contribution in [1.29, 1.82) is 0 Å². The lowest BCUT2D eigenvalue weighted by atomic mass is 10.9. The summed E-state index contributed by atoms with van der Waals surface area (Å²) in [7, 11) is -3.77. The fourth-order valence-electron chi connectivity index (χ4n) is 1.16. The molecule has 0 amide bonds. The van der Waals surface area contributed by atoms with Gasteiger partial charge in [0.15, 0.2) is 6.46 Å². The predicted octanol–water partition coefficient (Wildman–Crippen LogP) is -1.13. The van der Waals surface area contributed by atoms with Gasteiger partial charge in [0.05, 0.1) is 18.5 Å². The molecule has 0 spiro atoms. The zero-order valence-corrected chi connectivity index (χ0v) is 10.9. The van der Waals surface area contributed by atoms with Gasteiger partial charge in [0, 0.05) is 0 Å². The van der Waals surface area contributed by atoms with E-state index in [0.29, 0.717) is 18.5 Å². The van der Waals surface area contributed by atoms with Crippen LogP contribution in [0.25, 0.3) is 0 Å². The summed E-state index contributed by atoms with van der Waals surface area (Å²) in [5, 5.41) is 0. The topological polar surface area (TPSA) is 54.4 Å². The van der Waals surface area contributed by atoms with Gasteiger partial charge in [0.25, 0.3) is 0 Å². The van der Waals surface area contributed by atoms with Crippen LogP contribution in [0.3, 0.4) is 0 Å². The molecule has 0 atom stereocenters. The lowest BCUT2D eigenvalue weighted by Crippen LogP contribution is -3.00. The standard InChI is InChI=1S/C6H15O3PS.BrH/c1-4-10(5-2,6-3)11(7,8)9;/h4-6H2,1-3H3;1H. The van der Waals surface area contributed by atoms with E-state index >= 15 is 0 Å². The van der Waals surface area contributed by atoms with E-state index in [1.54, 1.807) is 0 Å². The first kappa shape index (κ1) is 15.3. The van der Waals surface area contributed by atoms with Crippen molar-refractivity contribution in [2.45, 2.75) is 20.8 Å². The first-order chi connectivity index (χ1) is 4.93. The third-order valence-electron chi connectivity index (χ3n) is 2.22. The molecular weight excluding hydrogens is 263 g/mol. The summed E-state index contributed by atoms with van der Waals surface area (Å²) in [6, 6.07) is 0. The molecule has 0 radical (unpaired) electrons. The van der Waals surface area contributed by atoms with Gasteiger partial charge in [-0.1, -0.05) is 0 Å². The molecule has 0 aliphatic heterocycles. The van der Waals surface area contributed by atoms with Crippen LogP contribution in [0.15, 0.2) is 0 Å². The van der Waals surface area contributed by atoms with E-state index in [0.717, 1.165) is 0 Å². The van der Waals surface area contributed by atoms with Crippen molar-refractivity contribution < 1.29 is 30.0 Å². The van der Waals surface area contributed by atoms with Gasteiger partial charge in [-0.15, -0.1) is 0 Å². The van der Waals surface area contributed by atoms with Crippen LogP contribution in [-0.2, 0) is 9.74 Å². The molecule has 0 unspecified atom stereocenters. The molecule has 0 saturated carbocycles. The van der Waals surface area contributed by atoms with E-state index in [1.807, 2.05) is 20.8 Å². The predicted molar refractivity (Wildman–Crippen MR) is 50.1 cm³/mol. The van der Waals surface area contributed by atoms with Crippen molar-refractivity contribution in [1.82, 2.24) is 0 Å². The van der Waals surface area contributed by atoms with Crippen molar-refractivity contribution in [3.8, 4) is 0 Å². The van der Waals surface area contributed by atoms with Crippen molar-refractivity contribution in [3.05, 3.63) is 0 Å². The van der Waals surface area contributed by atoms with Crippen LogP contribution in [-0.4, -0.2) is 31.5 Å². The molecular formula is C6H16BrO3PS. The Bertz CT molecular complexity index is 203. The SMILES string of the molecule is CC[P+](CC)(CC)S(=O)(=O)O.[Br-]. The Hall–Kier alpha value is 0.820. The van der Waals surface area contributed by atoms with Gasteiger partial charge >= 0.3 is 9.74 Å². The van der Waals surface area contributed by atoms with Gasteiger partial charge in [-0.05, 0) is 20.8 Å². The third kappa shape index (κ3) is 2.95. The highest BCUT2D eigenvalue weighted by molar-refractivity contribution is 8.54. The average Bonchev–Trinajstić information content (AvgIpc) is 1.90. The van der Waals surface area contributed by atoms with E-state index in [4.69, 9.17) is 4.55 Å². The summed E-state index contributed by atoms with van der Waals surface area (Å²) in [6.45, 7) is 3.39. The van der Waals surface area contributed by atoms with Crippen LogP contribution in [0.2, 0.25) is 0 Å². The summed E-state index contributed by atoms with van der Waals surface area (Å²) in [4.78, 5) is 0. The Balaban J connectivity index is 0. The second-order valence-corrected chi connectivity index (χ2v) is 11.1. The van der Waals surface area contributed by atoms with Crippen LogP contribution < -0.4 is 17.0 Å². The smallest absolute Gasteiger partial charge is 0.380 e. The highest BCUT2D eigenvalue weighted by atomic mass is 79.9. The molecule has 12 heavy (non-hydrogen) atoms. The van der Waals surface area contributed by atoms with Crippen molar-refractivity contribution in [2.75, 3.05) is 18.5 Å². The monoisotopic (exact) mass is 278 g/mol. The lowest BCUT2D eigenvalue weighted by molar-refractivity contribution is -0.00000634. The molecule has 3 nitrogen and oxygen atoms in total. The molecule has 76 valence electrons. The van der Waals surface area contributed by atoms with Crippen molar-refractivity contribution in [2.24, 2.45) is 0 Å². The maximum atomic E-state index is 11.0. The lowest BCUT2D eigenvalue weighted by Gasteiger charge is -2.17. The quantitative estimate of drug-likeness (QED) is 0.523. The van der Waals surface area contributed by atoms with Gasteiger partial charge < -0.3 is 17.0 Å². The fraction of sp³-hybridized carbons (Fsp3) is 1.00. The second-order valence-electron chi connectivity index (χ2n) is 2.45. The Morgan fingerprint density at radius 1 is 1.08 bits per heavy atom. The van der Waals surface area contributed by atoms with Crippen molar-refractivity contribution >= 4 is 16.2 Å². The maximum absolute atomic E-state index is 11.0. The molecule has 0 aromatic carbocycles. The molecule has 1 N–H and O–H groups in total. The van der Waals surface area contributed by atoms with Crippen LogP contribution in [0.5, 0.6) is 0 Å². The van der Waals surface area contributed by atoms with Gasteiger partial charge in [0.1, 0.15) is 0 Å². The van der Waals surface area contributed by atoms with E-state index in [9.17, 15) is 8.42 Å². The number of halogens is 1. The van der Waals surface area contributed by atoms with E-state index in [2.05, 4.69) is 0 Å². The highest BCUT2D eigenvalue weighted by Crippen LogP contribution is 2.62. The Labute approximate surface area is 85.5 Å². The Kier molecular flexibility index (Phi) is 7.05. The molecule has 0 aromatic heterocycles. The molecule has 0 aliphatic carbocycles. The van der Waals surface area contributed by atoms with Crippen LogP contribution >= 0.6 is 6.46 Å².